The van der Waals surface area contributed by atoms with E-state index in [-0.39, 0.29) is 11.3 Å². The maximum atomic E-state index is 12.9. The van der Waals surface area contributed by atoms with Gasteiger partial charge in [0.15, 0.2) is 16.7 Å². The molecular formula is C18H11BrN2O4S. The lowest BCUT2D eigenvalue weighted by Gasteiger charge is -2.24. The number of hydrogen-bond acceptors (Lipinski definition) is 6. The van der Waals surface area contributed by atoms with E-state index < -0.39 is 23.5 Å². The number of anilines is 1. The van der Waals surface area contributed by atoms with Crippen molar-refractivity contribution in [1.82, 2.24) is 4.98 Å². The van der Waals surface area contributed by atoms with Gasteiger partial charge in [-0.05, 0) is 29.8 Å². The molecule has 1 amide bonds. The van der Waals surface area contributed by atoms with E-state index in [2.05, 4.69) is 20.9 Å². The van der Waals surface area contributed by atoms with Gasteiger partial charge in [0, 0.05) is 16.0 Å². The number of furan rings is 1. The first-order valence-corrected chi connectivity index (χ1v) is 9.25. The number of halogens is 1. The average molecular weight is 431 g/mol. The van der Waals surface area contributed by atoms with Crippen LogP contribution in [-0.2, 0) is 4.79 Å². The fourth-order valence-corrected chi connectivity index (χ4v) is 3.80. The first-order chi connectivity index (χ1) is 12.6. The molecule has 1 aliphatic heterocycles. The number of hydrogen-bond donors (Lipinski definition) is 1. The Morgan fingerprint density at radius 2 is 2.04 bits per heavy atom. The van der Waals surface area contributed by atoms with E-state index in [1.165, 1.54) is 28.6 Å². The highest BCUT2D eigenvalue weighted by atomic mass is 79.9. The van der Waals surface area contributed by atoms with Crippen molar-refractivity contribution in [1.29, 1.82) is 0 Å². The molecule has 6 nitrogen and oxygen atoms in total. The number of aliphatic hydroxyl groups excluding tert-OH is 1. The number of aliphatic hydroxyl groups is 1. The Hall–Kier alpha value is -2.71. The van der Waals surface area contributed by atoms with Crippen LogP contribution in [0.3, 0.4) is 0 Å². The monoisotopic (exact) mass is 430 g/mol. The Kier molecular flexibility index (Phi) is 4.21. The number of nitrogens with zero attached hydrogens (tertiary/aromatic N) is 2. The summed E-state index contributed by atoms with van der Waals surface area (Å²) in [5.74, 6) is -1.73. The van der Waals surface area contributed by atoms with Crippen LogP contribution in [0.25, 0.3) is 0 Å². The molecule has 0 spiro atoms. The Morgan fingerprint density at radius 3 is 2.65 bits per heavy atom. The van der Waals surface area contributed by atoms with Crippen molar-refractivity contribution in [3.63, 3.8) is 0 Å². The van der Waals surface area contributed by atoms with E-state index in [1.54, 1.807) is 29.8 Å². The van der Waals surface area contributed by atoms with Gasteiger partial charge in [0.2, 0.25) is 5.78 Å². The smallest absolute Gasteiger partial charge is 0.296 e. The van der Waals surface area contributed by atoms with Crippen molar-refractivity contribution in [3.05, 3.63) is 81.4 Å². The SMILES string of the molecule is O=C(C1=C(O)C(=O)N(c2nccs2)C1c1ccc(Br)cc1)c1ccco1. The maximum absolute atomic E-state index is 12.9. The molecule has 8 heteroatoms. The molecule has 0 saturated heterocycles. The summed E-state index contributed by atoms with van der Waals surface area (Å²) in [5, 5.41) is 12.6. The molecule has 26 heavy (non-hydrogen) atoms. The summed E-state index contributed by atoms with van der Waals surface area (Å²) in [7, 11) is 0. The largest absolute Gasteiger partial charge is 0.503 e. The topological polar surface area (TPSA) is 83.6 Å². The third-order valence-corrected chi connectivity index (χ3v) is 5.31. The zero-order valence-corrected chi connectivity index (χ0v) is 15.5. The minimum atomic E-state index is -0.792. The van der Waals surface area contributed by atoms with Gasteiger partial charge in [-0.2, -0.15) is 0 Å². The zero-order chi connectivity index (χ0) is 18.3. The minimum Gasteiger partial charge on any atom is -0.503 e. The number of carbonyl (C=O) groups is 2. The molecule has 1 aliphatic rings. The third kappa shape index (κ3) is 2.67. The summed E-state index contributed by atoms with van der Waals surface area (Å²) >= 11 is 4.62. The summed E-state index contributed by atoms with van der Waals surface area (Å²) < 4.78 is 6.04. The lowest BCUT2D eigenvalue weighted by molar-refractivity contribution is -0.117. The molecule has 0 saturated carbocycles. The van der Waals surface area contributed by atoms with E-state index in [0.717, 1.165) is 4.47 Å². The fraction of sp³-hybridized carbons (Fsp3) is 0.0556. The van der Waals surface area contributed by atoms with Crippen LogP contribution in [0.15, 0.2) is 74.5 Å². The minimum absolute atomic E-state index is 0.0255. The molecule has 0 aliphatic carbocycles. The quantitative estimate of drug-likeness (QED) is 0.624. The van der Waals surface area contributed by atoms with Crippen molar-refractivity contribution in [3.8, 4) is 0 Å². The molecular weight excluding hydrogens is 420 g/mol. The first kappa shape index (κ1) is 16.7. The predicted octanol–water partition coefficient (Wildman–Crippen LogP) is 4.28. The summed E-state index contributed by atoms with van der Waals surface area (Å²) in [6.45, 7) is 0. The van der Waals surface area contributed by atoms with Gasteiger partial charge in [0.1, 0.15) is 0 Å². The maximum Gasteiger partial charge on any atom is 0.296 e. The van der Waals surface area contributed by atoms with Crippen LogP contribution in [0.4, 0.5) is 5.13 Å². The standard InChI is InChI=1S/C18H11BrN2O4S/c19-11-5-3-10(4-6-11)14-13(15(22)12-2-1-8-25-12)16(23)17(24)21(14)18-20-7-9-26-18/h1-9,14,23H. The van der Waals surface area contributed by atoms with Crippen LogP contribution >= 0.6 is 27.3 Å². The van der Waals surface area contributed by atoms with Crippen LogP contribution in [0, 0.1) is 0 Å². The summed E-state index contributed by atoms with van der Waals surface area (Å²) in [5.41, 5.74) is 0.651. The second-order valence-corrected chi connectivity index (χ2v) is 7.30. The summed E-state index contributed by atoms with van der Waals surface area (Å²) in [6.07, 6.45) is 2.93. The number of ketones is 1. The molecule has 0 fully saturated rings. The molecule has 1 aromatic carbocycles. The van der Waals surface area contributed by atoms with Gasteiger partial charge < -0.3 is 9.52 Å². The van der Waals surface area contributed by atoms with Crippen LogP contribution < -0.4 is 4.90 Å². The van der Waals surface area contributed by atoms with Crippen LogP contribution in [-0.4, -0.2) is 21.8 Å². The van der Waals surface area contributed by atoms with Gasteiger partial charge in [-0.25, -0.2) is 4.98 Å². The summed E-state index contributed by atoms with van der Waals surface area (Å²) in [6, 6.07) is 9.48. The van der Waals surface area contributed by atoms with Gasteiger partial charge in [0.05, 0.1) is 17.9 Å². The highest BCUT2D eigenvalue weighted by Crippen LogP contribution is 2.42. The molecule has 0 bridgehead atoms. The molecule has 1 unspecified atom stereocenters. The number of thiazole rings is 1. The van der Waals surface area contributed by atoms with Crippen molar-refractivity contribution in [2.75, 3.05) is 4.90 Å². The van der Waals surface area contributed by atoms with Gasteiger partial charge in [0.25, 0.3) is 5.91 Å². The molecule has 2 aromatic heterocycles. The van der Waals surface area contributed by atoms with Crippen molar-refractivity contribution in [2.45, 2.75) is 6.04 Å². The average Bonchev–Trinajstić information content (AvgIpc) is 3.38. The third-order valence-electron chi connectivity index (χ3n) is 4.01. The van der Waals surface area contributed by atoms with Crippen LogP contribution in [0.5, 0.6) is 0 Å². The second-order valence-electron chi connectivity index (χ2n) is 5.51. The van der Waals surface area contributed by atoms with Crippen molar-refractivity contribution >= 4 is 44.1 Å². The van der Waals surface area contributed by atoms with Gasteiger partial charge >= 0.3 is 0 Å². The number of aromatic nitrogens is 1. The number of carbonyl (C=O) groups excluding carboxylic acids is 2. The molecule has 4 rings (SSSR count). The zero-order valence-electron chi connectivity index (χ0n) is 13.1. The number of amides is 1. The van der Waals surface area contributed by atoms with E-state index in [0.29, 0.717) is 10.7 Å². The van der Waals surface area contributed by atoms with E-state index in [1.807, 2.05) is 12.1 Å². The molecule has 1 N–H and O–H groups in total. The van der Waals surface area contributed by atoms with E-state index >= 15 is 0 Å². The Bertz CT molecular complexity index is 995. The lowest BCUT2D eigenvalue weighted by Crippen LogP contribution is -2.30. The molecule has 3 heterocycles. The Morgan fingerprint density at radius 1 is 1.27 bits per heavy atom. The van der Waals surface area contributed by atoms with Gasteiger partial charge in [-0.15, -0.1) is 11.3 Å². The number of Topliss-reactive ketones (excluding diaryl/α,β-unsaturated/α-hetero) is 1. The molecule has 130 valence electrons. The lowest BCUT2D eigenvalue weighted by atomic mass is 9.95. The van der Waals surface area contributed by atoms with E-state index in [4.69, 9.17) is 4.42 Å². The molecule has 3 aromatic rings. The molecule has 1 atom stereocenters. The van der Waals surface area contributed by atoms with Crippen molar-refractivity contribution < 1.29 is 19.1 Å². The van der Waals surface area contributed by atoms with Gasteiger partial charge in [-0.3, -0.25) is 14.5 Å². The van der Waals surface area contributed by atoms with Gasteiger partial charge in [-0.1, -0.05) is 28.1 Å². The van der Waals surface area contributed by atoms with Crippen LogP contribution in [0.1, 0.15) is 22.2 Å². The van der Waals surface area contributed by atoms with Crippen molar-refractivity contribution in [2.24, 2.45) is 0 Å². The Labute approximate surface area is 160 Å². The second kappa shape index (κ2) is 6.54. The molecule has 0 radical (unpaired) electrons. The highest BCUT2D eigenvalue weighted by Gasteiger charge is 2.46. The first-order valence-electron chi connectivity index (χ1n) is 7.58. The van der Waals surface area contributed by atoms with E-state index in [9.17, 15) is 14.7 Å². The van der Waals surface area contributed by atoms with Crippen LogP contribution in [0.2, 0.25) is 0 Å². The predicted molar refractivity (Wildman–Crippen MR) is 99.2 cm³/mol. The number of rotatable bonds is 4. The Balaban J connectivity index is 1.88. The normalized spacial score (nSPS) is 17.2. The highest BCUT2D eigenvalue weighted by molar-refractivity contribution is 9.10. The summed E-state index contributed by atoms with van der Waals surface area (Å²) in [4.78, 5) is 31.2. The fourth-order valence-electron chi connectivity index (χ4n) is 2.87. The number of benzene rings is 1.